The van der Waals surface area contributed by atoms with Crippen LogP contribution in [0, 0.1) is 0 Å². The molecule has 0 atom stereocenters. The lowest BCUT2D eigenvalue weighted by Crippen LogP contribution is -2.28. The van der Waals surface area contributed by atoms with E-state index < -0.39 is 12.0 Å². The summed E-state index contributed by atoms with van der Waals surface area (Å²) in [6.07, 6.45) is 1.92. The zero-order valence-electron chi connectivity index (χ0n) is 24.5. The number of likely N-dealkylation sites (N-methyl/N-ethyl adjacent to an activating group) is 1. The van der Waals surface area contributed by atoms with Gasteiger partial charge in [0.15, 0.2) is 10.8 Å². The van der Waals surface area contributed by atoms with Crippen molar-refractivity contribution in [3.8, 4) is 11.3 Å². The van der Waals surface area contributed by atoms with E-state index in [1.54, 1.807) is 36.4 Å². The summed E-state index contributed by atoms with van der Waals surface area (Å²) in [6, 6.07) is 13.7. The van der Waals surface area contributed by atoms with Crippen LogP contribution in [0.5, 0.6) is 0 Å². The third-order valence-corrected chi connectivity index (χ3v) is 7.63. The average molecular weight is 592 g/mol. The van der Waals surface area contributed by atoms with E-state index in [1.165, 1.54) is 11.3 Å². The number of nitrogens with one attached hydrogen (secondary N) is 2. The summed E-state index contributed by atoms with van der Waals surface area (Å²) < 4.78 is 8.09. The Labute approximate surface area is 248 Å². The van der Waals surface area contributed by atoms with Crippen LogP contribution in [0.25, 0.3) is 26.4 Å². The lowest BCUT2D eigenvalue weighted by molar-refractivity contribution is 0.0697. The number of carboxylic acids is 1. The van der Waals surface area contributed by atoms with Gasteiger partial charge in [-0.25, -0.2) is 14.6 Å². The summed E-state index contributed by atoms with van der Waals surface area (Å²) in [5, 5.41) is 18.5. The maximum Gasteiger partial charge on any atom is 0.335 e. The van der Waals surface area contributed by atoms with Gasteiger partial charge in [-0.3, -0.25) is 9.72 Å². The molecule has 2 amide bonds. The average Bonchev–Trinajstić information content (AvgIpc) is 3.67. The number of rotatable bonds is 8. The molecule has 12 heteroatoms. The van der Waals surface area contributed by atoms with E-state index in [0.29, 0.717) is 17.3 Å². The van der Waals surface area contributed by atoms with Crippen molar-refractivity contribution >= 4 is 50.0 Å². The molecule has 0 saturated heterocycles. The summed E-state index contributed by atoms with van der Waals surface area (Å²) in [4.78, 5) is 31.3. The van der Waals surface area contributed by atoms with Crippen molar-refractivity contribution in [3.63, 3.8) is 0 Å². The molecule has 5 rings (SSSR count). The van der Waals surface area contributed by atoms with E-state index >= 15 is 0 Å². The first kappa shape index (κ1) is 30.7. The third kappa shape index (κ3) is 7.32. The Hall–Kier alpha value is -4.26. The lowest BCUT2D eigenvalue weighted by Gasteiger charge is -2.15. The van der Waals surface area contributed by atoms with E-state index in [1.807, 2.05) is 43.5 Å². The van der Waals surface area contributed by atoms with E-state index in [0.717, 1.165) is 52.6 Å². The molecule has 0 aliphatic heterocycles. The first-order valence-electron chi connectivity index (χ1n) is 13.7. The fraction of sp³-hybridized carbons (Fsp3) is 0.333. The topological polar surface area (TPSA) is 151 Å². The van der Waals surface area contributed by atoms with E-state index in [-0.39, 0.29) is 11.0 Å². The highest BCUT2D eigenvalue weighted by molar-refractivity contribution is 7.23. The number of imidazole rings is 1. The monoisotopic (exact) mass is 591 g/mol. The van der Waals surface area contributed by atoms with Crippen LogP contribution in [0.3, 0.4) is 0 Å². The van der Waals surface area contributed by atoms with Gasteiger partial charge in [0.05, 0.1) is 21.5 Å². The van der Waals surface area contributed by atoms with Gasteiger partial charge in [0.1, 0.15) is 5.76 Å². The van der Waals surface area contributed by atoms with Crippen molar-refractivity contribution in [2.45, 2.75) is 40.0 Å². The first-order chi connectivity index (χ1) is 20.0. The summed E-state index contributed by atoms with van der Waals surface area (Å²) in [7, 11) is 0. The molecule has 3 aromatic heterocycles. The van der Waals surface area contributed by atoms with Crippen molar-refractivity contribution in [1.82, 2.24) is 19.4 Å². The minimum atomic E-state index is -0.952. The summed E-state index contributed by atoms with van der Waals surface area (Å²) >= 11 is 1.43. The number of nitrogens with zero attached hydrogens (tertiary/aromatic N) is 4. The number of hydrogen-bond donors (Lipinski definition) is 4. The van der Waals surface area contributed by atoms with E-state index in [9.17, 15) is 14.7 Å². The van der Waals surface area contributed by atoms with Gasteiger partial charge in [0, 0.05) is 42.0 Å². The third-order valence-electron chi connectivity index (χ3n) is 6.61. The number of carbonyl (C=O) groups excluding carboxylic acids is 1. The van der Waals surface area contributed by atoms with Gasteiger partial charge < -0.3 is 25.6 Å². The number of anilines is 2. The fourth-order valence-corrected chi connectivity index (χ4v) is 5.23. The molecule has 2 aromatic carbocycles. The Morgan fingerprint density at radius 2 is 1.79 bits per heavy atom. The fourth-order valence-electron chi connectivity index (χ4n) is 4.19. The quantitative estimate of drug-likeness (QED) is 0.168. The number of aromatic carboxylic acids is 1. The van der Waals surface area contributed by atoms with Crippen molar-refractivity contribution in [2.75, 3.05) is 36.8 Å². The Balaban J connectivity index is 0.000000446. The molecule has 0 spiro atoms. The molecule has 5 aromatic rings. The molecule has 0 aliphatic rings. The molecule has 222 valence electrons. The first-order valence-corrected chi connectivity index (χ1v) is 14.6. The predicted molar refractivity (Wildman–Crippen MR) is 168 cm³/mol. The Morgan fingerprint density at radius 1 is 1.07 bits per heavy atom. The minimum absolute atomic E-state index is 0.200. The van der Waals surface area contributed by atoms with Crippen molar-refractivity contribution in [3.05, 3.63) is 66.1 Å². The van der Waals surface area contributed by atoms with Gasteiger partial charge in [-0.05, 0) is 43.4 Å². The highest BCUT2D eigenvalue weighted by Crippen LogP contribution is 2.31. The molecule has 3 heterocycles. The van der Waals surface area contributed by atoms with Crippen LogP contribution in [0.2, 0.25) is 0 Å². The zero-order valence-corrected chi connectivity index (χ0v) is 25.3. The molecule has 0 radical (unpaired) electrons. The summed E-state index contributed by atoms with van der Waals surface area (Å²) in [5.41, 5.74) is 8.59. The summed E-state index contributed by atoms with van der Waals surface area (Å²) in [6.45, 7) is 14.4. The number of amides is 2. The number of carboxylic acid groups (broad SMARTS) is 1. The van der Waals surface area contributed by atoms with Gasteiger partial charge in [-0.1, -0.05) is 63.2 Å². The normalized spacial score (nSPS) is 11.5. The number of thiazole rings is 1. The molecule has 11 nitrogen and oxygen atoms in total. The standard InChI is InChI=1S/C24H21N5O4S.C6H16N2/c1-24(2,3)19-11-20(28-33-19)27-22(32)25-15-7-4-13(5-8-15)16-12-29-17-9-6-14(21(30)31)10-18(17)34-23(29)26-16;1-3-8(4-2)6-5-7/h4-12H,1-3H3,(H,30,31)(H2,25,27,28,32);3-7H2,1-2H3. The second kappa shape index (κ2) is 13.1. The molecular weight excluding hydrogens is 554 g/mol. The number of nitrogens with two attached hydrogens (primary N) is 1. The number of carbonyl (C=O) groups is 2. The van der Waals surface area contributed by atoms with Gasteiger partial charge in [0.25, 0.3) is 0 Å². The van der Waals surface area contributed by atoms with Crippen LogP contribution in [0.1, 0.15) is 50.7 Å². The number of urea groups is 1. The van der Waals surface area contributed by atoms with E-state index in [4.69, 9.17) is 10.3 Å². The lowest BCUT2D eigenvalue weighted by atomic mass is 9.93. The Bertz CT molecular complexity index is 1660. The van der Waals surface area contributed by atoms with Crippen LogP contribution in [0.4, 0.5) is 16.3 Å². The smallest absolute Gasteiger partial charge is 0.335 e. The molecule has 0 bridgehead atoms. The second-order valence-corrected chi connectivity index (χ2v) is 11.7. The SMILES string of the molecule is CC(C)(C)c1cc(NC(=O)Nc2ccc(-c3cn4c(n3)sc3cc(C(=O)O)ccc34)cc2)no1.CCN(CC)CCN. The molecule has 5 N–H and O–H groups in total. The molecule has 0 aliphatic carbocycles. The predicted octanol–water partition coefficient (Wildman–Crippen LogP) is 6.13. The highest BCUT2D eigenvalue weighted by atomic mass is 32.1. The van der Waals surface area contributed by atoms with Crippen LogP contribution in [-0.2, 0) is 5.41 Å². The maximum absolute atomic E-state index is 12.3. The van der Waals surface area contributed by atoms with Crippen molar-refractivity contribution in [1.29, 1.82) is 0 Å². The van der Waals surface area contributed by atoms with Gasteiger partial charge in [0.2, 0.25) is 0 Å². The summed E-state index contributed by atoms with van der Waals surface area (Å²) in [5.74, 6) is 0.0776. The van der Waals surface area contributed by atoms with Gasteiger partial charge in [-0.2, -0.15) is 0 Å². The Kier molecular flexibility index (Phi) is 9.61. The Morgan fingerprint density at radius 3 is 2.36 bits per heavy atom. The highest BCUT2D eigenvalue weighted by Gasteiger charge is 2.20. The molecule has 0 unspecified atom stereocenters. The molecular formula is C30H37N7O4S. The zero-order chi connectivity index (χ0) is 30.4. The van der Waals surface area contributed by atoms with Gasteiger partial charge in [-0.15, -0.1) is 0 Å². The second-order valence-electron chi connectivity index (χ2n) is 10.7. The van der Waals surface area contributed by atoms with E-state index in [2.05, 4.69) is 39.5 Å². The van der Waals surface area contributed by atoms with Crippen molar-refractivity contribution in [2.24, 2.45) is 5.73 Å². The molecule has 0 saturated carbocycles. The number of fused-ring (bicyclic) bond motifs is 3. The number of aromatic nitrogens is 3. The molecule has 0 fully saturated rings. The van der Waals surface area contributed by atoms with Crippen LogP contribution >= 0.6 is 11.3 Å². The van der Waals surface area contributed by atoms with Crippen LogP contribution in [0.15, 0.2) is 59.3 Å². The molecule has 42 heavy (non-hydrogen) atoms. The van der Waals surface area contributed by atoms with Crippen LogP contribution in [-0.4, -0.2) is 62.7 Å². The minimum Gasteiger partial charge on any atom is -0.478 e. The maximum atomic E-state index is 12.3. The number of benzene rings is 2. The largest absolute Gasteiger partial charge is 0.478 e. The van der Waals surface area contributed by atoms with Crippen molar-refractivity contribution < 1.29 is 19.2 Å². The van der Waals surface area contributed by atoms with Crippen LogP contribution < -0.4 is 16.4 Å². The van der Waals surface area contributed by atoms with Gasteiger partial charge >= 0.3 is 12.0 Å². The number of hydrogen-bond acceptors (Lipinski definition) is 8.